The highest BCUT2D eigenvalue weighted by molar-refractivity contribution is 4.93. The molecule has 0 aromatic rings. The molecular formula is C14H30N2O. The Morgan fingerprint density at radius 1 is 1.24 bits per heavy atom. The van der Waals surface area contributed by atoms with Crippen LogP contribution in [0.2, 0.25) is 0 Å². The predicted molar refractivity (Wildman–Crippen MR) is 73.2 cm³/mol. The van der Waals surface area contributed by atoms with Gasteiger partial charge in [0.2, 0.25) is 0 Å². The topological polar surface area (TPSA) is 38.5 Å². The van der Waals surface area contributed by atoms with E-state index in [-0.39, 0.29) is 5.54 Å². The summed E-state index contributed by atoms with van der Waals surface area (Å²) in [6, 6.07) is 0. The Morgan fingerprint density at radius 2 is 1.82 bits per heavy atom. The summed E-state index contributed by atoms with van der Waals surface area (Å²) in [4.78, 5) is 2.58. The summed E-state index contributed by atoms with van der Waals surface area (Å²) in [5.41, 5.74) is 6.30. The molecular weight excluding hydrogens is 212 g/mol. The van der Waals surface area contributed by atoms with Crippen molar-refractivity contribution in [3.05, 3.63) is 0 Å². The lowest BCUT2D eigenvalue weighted by atomic mass is 9.86. The fourth-order valence-corrected chi connectivity index (χ4v) is 3.01. The molecule has 1 aliphatic rings. The van der Waals surface area contributed by atoms with Gasteiger partial charge in [-0.1, -0.05) is 26.7 Å². The standard InChI is InChI=1S/C14H30N2O/c1-5-7-8-14(6-2,11-15)16-9-12(3)17-13(4)10-16/h12-13H,5-11,15H2,1-4H3/t12-,13+,14?. The van der Waals surface area contributed by atoms with Gasteiger partial charge in [0.15, 0.2) is 0 Å². The number of morpholine rings is 1. The van der Waals surface area contributed by atoms with Gasteiger partial charge in [-0.05, 0) is 26.7 Å². The molecule has 1 aliphatic heterocycles. The predicted octanol–water partition coefficient (Wildman–Crippen LogP) is 2.39. The van der Waals surface area contributed by atoms with E-state index in [9.17, 15) is 0 Å². The number of nitrogens with zero attached hydrogens (tertiary/aromatic N) is 1. The molecule has 0 saturated carbocycles. The highest BCUT2D eigenvalue weighted by Gasteiger charge is 2.37. The van der Waals surface area contributed by atoms with E-state index in [0.717, 1.165) is 26.1 Å². The third-order valence-electron chi connectivity index (χ3n) is 4.12. The minimum absolute atomic E-state index is 0.197. The van der Waals surface area contributed by atoms with Crippen LogP contribution in [0, 0.1) is 0 Å². The number of nitrogens with two attached hydrogens (primary N) is 1. The summed E-state index contributed by atoms with van der Waals surface area (Å²) in [6.45, 7) is 11.7. The molecule has 3 atom stereocenters. The zero-order valence-corrected chi connectivity index (χ0v) is 12.0. The lowest BCUT2D eigenvalue weighted by Crippen LogP contribution is -2.60. The molecule has 1 fully saturated rings. The van der Waals surface area contributed by atoms with E-state index in [4.69, 9.17) is 10.5 Å². The summed E-state index contributed by atoms with van der Waals surface area (Å²) in [5.74, 6) is 0. The Kier molecular flexibility index (Phi) is 5.90. The molecule has 1 heterocycles. The molecule has 0 bridgehead atoms. The molecule has 3 nitrogen and oxygen atoms in total. The van der Waals surface area contributed by atoms with E-state index in [1.807, 2.05) is 0 Å². The zero-order valence-electron chi connectivity index (χ0n) is 12.0. The first kappa shape index (κ1) is 14.9. The van der Waals surface area contributed by atoms with E-state index in [0.29, 0.717) is 12.2 Å². The maximum atomic E-state index is 6.10. The molecule has 0 spiro atoms. The van der Waals surface area contributed by atoms with Gasteiger partial charge < -0.3 is 10.5 Å². The molecule has 0 aromatic carbocycles. The van der Waals surface area contributed by atoms with Gasteiger partial charge in [0.25, 0.3) is 0 Å². The quantitative estimate of drug-likeness (QED) is 0.777. The Labute approximate surface area is 107 Å². The average molecular weight is 242 g/mol. The van der Waals surface area contributed by atoms with Crippen molar-refractivity contribution in [1.82, 2.24) is 4.90 Å². The van der Waals surface area contributed by atoms with E-state index < -0.39 is 0 Å². The van der Waals surface area contributed by atoms with E-state index in [1.54, 1.807) is 0 Å². The minimum atomic E-state index is 0.197. The molecule has 2 N–H and O–H groups in total. The van der Waals surface area contributed by atoms with Gasteiger partial charge in [-0.25, -0.2) is 0 Å². The van der Waals surface area contributed by atoms with Gasteiger partial charge in [0.05, 0.1) is 12.2 Å². The van der Waals surface area contributed by atoms with Crippen molar-refractivity contribution in [2.75, 3.05) is 19.6 Å². The smallest absolute Gasteiger partial charge is 0.0678 e. The first-order chi connectivity index (χ1) is 8.07. The lowest BCUT2D eigenvalue weighted by Gasteiger charge is -2.48. The van der Waals surface area contributed by atoms with Gasteiger partial charge in [0.1, 0.15) is 0 Å². The highest BCUT2D eigenvalue weighted by atomic mass is 16.5. The number of ether oxygens (including phenoxy) is 1. The van der Waals surface area contributed by atoms with Crippen LogP contribution < -0.4 is 5.73 Å². The minimum Gasteiger partial charge on any atom is -0.373 e. The normalized spacial score (nSPS) is 30.2. The van der Waals surface area contributed by atoms with Gasteiger partial charge >= 0.3 is 0 Å². The van der Waals surface area contributed by atoms with Crippen LogP contribution in [0.1, 0.15) is 53.4 Å². The number of rotatable bonds is 6. The van der Waals surface area contributed by atoms with Crippen molar-refractivity contribution in [2.24, 2.45) is 5.73 Å². The summed E-state index contributed by atoms with van der Waals surface area (Å²) >= 11 is 0. The molecule has 102 valence electrons. The average Bonchev–Trinajstić information content (AvgIpc) is 2.30. The molecule has 0 aliphatic carbocycles. The Morgan fingerprint density at radius 3 is 2.24 bits per heavy atom. The number of hydrogen-bond donors (Lipinski definition) is 1. The molecule has 0 radical (unpaired) electrons. The van der Waals surface area contributed by atoms with Crippen molar-refractivity contribution < 1.29 is 4.74 Å². The Hall–Kier alpha value is -0.120. The molecule has 1 rings (SSSR count). The van der Waals surface area contributed by atoms with Gasteiger partial charge in [-0.15, -0.1) is 0 Å². The molecule has 1 saturated heterocycles. The van der Waals surface area contributed by atoms with Gasteiger partial charge in [0, 0.05) is 25.2 Å². The largest absolute Gasteiger partial charge is 0.373 e. The molecule has 0 amide bonds. The molecule has 1 unspecified atom stereocenters. The monoisotopic (exact) mass is 242 g/mol. The van der Waals surface area contributed by atoms with Crippen LogP contribution in [-0.4, -0.2) is 42.3 Å². The number of unbranched alkanes of at least 4 members (excludes halogenated alkanes) is 1. The Balaban J connectivity index is 2.73. The SMILES string of the molecule is CCCCC(CC)(CN)N1C[C@@H](C)O[C@@H](C)C1. The van der Waals surface area contributed by atoms with Crippen LogP contribution in [0.25, 0.3) is 0 Å². The van der Waals surface area contributed by atoms with Crippen molar-refractivity contribution >= 4 is 0 Å². The fraction of sp³-hybridized carbons (Fsp3) is 1.00. The summed E-state index contributed by atoms with van der Waals surface area (Å²) < 4.78 is 5.82. The van der Waals surface area contributed by atoms with Crippen molar-refractivity contribution in [3.8, 4) is 0 Å². The zero-order chi connectivity index (χ0) is 12.9. The van der Waals surface area contributed by atoms with E-state index in [2.05, 4.69) is 32.6 Å². The summed E-state index contributed by atoms with van der Waals surface area (Å²) in [7, 11) is 0. The van der Waals surface area contributed by atoms with Crippen molar-refractivity contribution in [1.29, 1.82) is 0 Å². The molecule has 3 heteroatoms. The molecule has 0 aromatic heterocycles. The maximum Gasteiger partial charge on any atom is 0.0678 e. The van der Waals surface area contributed by atoms with Crippen molar-refractivity contribution in [3.63, 3.8) is 0 Å². The van der Waals surface area contributed by atoms with Crippen LogP contribution >= 0.6 is 0 Å². The first-order valence-corrected chi connectivity index (χ1v) is 7.18. The second-order valence-corrected chi connectivity index (χ2v) is 5.55. The third-order valence-corrected chi connectivity index (χ3v) is 4.12. The molecule has 17 heavy (non-hydrogen) atoms. The third kappa shape index (κ3) is 3.67. The van der Waals surface area contributed by atoms with E-state index >= 15 is 0 Å². The highest BCUT2D eigenvalue weighted by Crippen LogP contribution is 2.28. The van der Waals surface area contributed by atoms with Crippen LogP contribution in [0.4, 0.5) is 0 Å². The van der Waals surface area contributed by atoms with Crippen LogP contribution in [0.5, 0.6) is 0 Å². The van der Waals surface area contributed by atoms with Crippen LogP contribution in [-0.2, 0) is 4.74 Å². The van der Waals surface area contributed by atoms with Crippen molar-refractivity contribution in [2.45, 2.75) is 71.1 Å². The maximum absolute atomic E-state index is 6.10. The van der Waals surface area contributed by atoms with E-state index in [1.165, 1.54) is 19.3 Å². The summed E-state index contributed by atoms with van der Waals surface area (Å²) in [6.07, 6.45) is 5.54. The fourth-order valence-electron chi connectivity index (χ4n) is 3.01. The Bertz CT molecular complexity index is 206. The second-order valence-electron chi connectivity index (χ2n) is 5.55. The summed E-state index contributed by atoms with van der Waals surface area (Å²) in [5, 5.41) is 0. The first-order valence-electron chi connectivity index (χ1n) is 7.18. The number of hydrogen-bond acceptors (Lipinski definition) is 3. The van der Waals surface area contributed by atoms with Crippen LogP contribution in [0.15, 0.2) is 0 Å². The van der Waals surface area contributed by atoms with Gasteiger partial charge in [-0.2, -0.15) is 0 Å². The second kappa shape index (κ2) is 6.72. The van der Waals surface area contributed by atoms with Crippen LogP contribution in [0.3, 0.4) is 0 Å². The lowest BCUT2D eigenvalue weighted by molar-refractivity contribution is -0.103. The van der Waals surface area contributed by atoms with Gasteiger partial charge in [-0.3, -0.25) is 4.90 Å².